The fourth-order valence-corrected chi connectivity index (χ4v) is 1.79. The van der Waals surface area contributed by atoms with Gasteiger partial charge in [0.15, 0.2) is 0 Å². The number of nitrogens with two attached hydrogens (primary N) is 1. The second-order valence-electron chi connectivity index (χ2n) is 4.11. The summed E-state index contributed by atoms with van der Waals surface area (Å²) in [7, 11) is 0. The monoisotopic (exact) mass is 285 g/mol. The van der Waals surface area contributed by atoms with E-state index in [4.69, 9.17) is 5.73 Å². The molecule has 0 aliphatic rings. The lowest BCUT2D eigenvalue weighted by Crippen LogP contribution is -2.08. The number of imidazole rings is 1. The lowest BCUT2D eigenvalue weighted by atomic mass is 10.1. The normalized spacial score (nSPS) is 11.6. The van der Waals surface area contributed by atoms with Gasteiger partial charge in [0, 0.05) is 12.1 Å². The topological polar surface area (TPSA) is 43.8 Å². The second-order valence-corrected chi connectivity index (χ2v) is 4.11. The summed E-state index contributed by atoms with van der Waals surface area (Å²) < 4.78 is 52.7. The minimum atomic E-state index is -4.77. The molecule has 3 nitrogen and oxygen atoms in total. The number of rotatable bonds is 3. The largest absolute Gasteiger partial charge is 0.419 e. The van der Waals surface area contributed by atoms with Crippen LogP contribution in [0.5, 0.6) is 0 Å². The number of nitrogens with zero attached hydrogens (tertiary/aromatic N) is 2. The number of aromatic nitrogens is 2. The van der Waals surface area contributed by atoms with Gasteiger partial charge in [-0.15, -0.1) is 6.58 Å². The van der Waals surface area contributed by atoms with Crippen LogP contribution in [0.2, 0.25) is 0 Å². The van der Waals surface area contributed by atoms with Gasteiger partial charge in [0.25, 0.3) is 0 Å². The van der Waals surface area contributed by atoms with Gasteiger partial charge in [-0.2, -0.15) is 13.2 Å². The Kier molecular flexibility index (Phi) is 3.52. The van der Waals surface area contributed by atoms with Gasteiger partial charge >= 0.3 is 6.18 Å². The summed E-state index contributed by atoms with van der Waals surface area (Å²) in [4.78, 5) is 3.96. The molecule has 106 valence electrons. The Labute approximate surface area is 112 Å². The first kappa shape index (κ1) is 14.1. The Bertz CT molecular complexity index is 644. The van der Waals surface area contributed by atoms with Crippen LogP contribution in [0.15, 0.2) is 37.2 Å². The van der Waals surface area contributed by atoms with Crippen molar-refractivity contribution in [3.63, 3.8) is 0 Å². The van der Waals surface area contributed by atoms with Gasteiger partial charge in [0.1, 0.15) is 17.3 Å². The Morgan fingerprint density at radius 2 is 2.05 bits per heavy atom. The van der Waals surface area contributed by atoms with Gasteiger partial charge in [0.2, 0.25) is 0 Å². The van der Waals surface area contributed by atoms with Crippen molar-refractivity contribution >= 4 is 5.82 Å². The molecule has 0 saturated heterocycles. The molecule has 2 N–H and O–H groups in total. The Morgan fingerprint density at radius 3 is 2.65 bits per heavy atom. The summed E-state index contributed by atoms with van der Waals surface area (Å²) >= 11 is 0. The zero-order chi connectivity index (χ0) is 14.9. The first-order chi connectivity index (χ1) is 9.34. The first-order valence-corrected chi connectivity index (χ1v) is 5.63. The van der Waals surface area contributed by atoms with E-state index in [1.807, 2.05) is 0 Å². The smallest absolute Gasteiger partial charge is 0.383 e. The third kappa shape index (κ3) is 2.52. The molecule has 0 spiro atoms. The Hall–Kier alpha value is -2.31. The van der Waals surface area contributed by atoms with Crippen molar-refractivity contribution < 1.29 is 17.6 Å². The van der Waals surface area contributed by atoms with Crippen molar-refractivity contribution in [2.24, 2.45) is 0 Å². The number of alkyl halides is 3. The van der Waals surface area contributed by atoms with Gasteiger partial charge in [-0.3, -0.25) is 0 Å². The average molecular weight is 285 g/mol. The van der Waals surface area contributed by atoms with Crippen LogP contribution >= 0.6 is 0 Å². The van der Waals surface area contributed by atoms with E-state index in [-0.39, 0.29) is 17.1 Å². The molecule has 1 aromatic heterocycles. The van der Waals surface area contributed by atoms with Gasteiger partial charge < -0.3 is 10.3 Å². The van der Waals surface area contributed by atoms with Crippen LogP contribution in [0.4, 0.5) is 23.4 Å². The number of allylic oxidation sites excluding steroid dienone is 1. The molecule has 0 aliphatic carbocycles. The highest BCUT2D eigenvalue weighted by Crippen LogP contribution is 2.35. The first-order valence-electron chi connectivity index (χ1n) is 5.63. The fraction of sp³-hybridized carbons (Fsp3) is 0.154. The summed E-state index contributed by atoms with van der Waals surface area (Å²) in [5, 5.41) is 0. The summed E-state index contributed by atoms with van der Waals surface area (Å²) in [5.74, 6) is -1.13. The third-order valence-electron chi connectivity index (χ3n) is 2.75. The van der Waals surface area contributed by atoms with Gasteiger partial charge in [0.05, 0.1) is 11.9 Å². The lowest BCUT2D eigenvalue weighted by molar-refractivity contribution is -0.139. The minimum Gasteiger partial charge on any atom is -0.383 e. The van der Waals surface area contributed by atoms with Crippen LogP contribution < -0.4 is 5.73 Å². The second kappa shape index (κ2) is 4.99. The molecule has 0 unspecified atom stereocenters. The van der Waals surface area contributed by atoms with E-state index in [2.05, 4.69) is 11.6 Å². The molecule has 0 amide bonds. The Morgan fingerprint density at radius 1 is 1.35 bits per heavy atom. The molecule has 0 atom stereocenters. The number of halogens is 4. The number of nitrogen functional groups attached to an aromatic ring is 1. The highest BCUT2D eigenvalue weighted by atomic mass is 19.4. The van der Waals surface area contributed by atoms with Crippen molar-refractivity contribution in [2.45, 2.75) is 12.7 Å². The van der Waals surface area contributed by atoms with E-state index in [0.717, 1.165) is 6.07 Å². The quantitative estimate of drug-likeness (QED) is 0.693. The van der Waals surface area contributed by atoms with Crippen LogP contribution in [-0.4, -0.2) is 9.55 Å². The predicted octanol–water partition coefficient (Wildman–Crippen LogP) is 3.48. The van der Waals surface area contributed by atoms with Crippen molar-refractivity contribution in [3.8, 4) is 11.3 Å². The van der Waals surface area contributed by atoms with Crippen LogP contribution in [-0.2, 0) is 12.7 Å². The van der Waals surface area contributed by atoms with E-state index < -0.39 is 17.6 Å². The zero-order valence-electron chi connectivity index (χ0n) is 10.3. The Balaban J connectivity index is 2.51. The molecule has 2 aromatic rings. The molecule has 1 heterocycles. The van der Waals surface area contributed by atoms with E-state index in [9.17, 15) is 17.6 Å². The highest BCUT2D eigenvalue weighted by Gasteiger charge is 2.34. The molecule has 0 radical (unpaired) electrons. The number of hydrogen-bond donors (Lipinski definition) is 1. The molecule has 0 fully saturated rings. The maximum Gasteiger partial charge on any atom is 0.419 e. The molecule has 0 aliphatic heterocycles. The number of anilines is 1. The molecule has 2 rings (SSSR count). The highest BCUT2D eigenvalue weighted by molar-refractivity contribution is 5.71. The molecule has 0 saturated carbocycles. The lowest BCUT2D eigenvalue weighted by Gasteiger charge is -2.09. The molecular weight excluding hydrogens is 274 g/mol. The summed E-state index contributed by atoms with van der Waals surface area (Å²) in [6.07, 6.45) is -1.80. The van der Waals surface area contributed by atoms with Gasteiger partial charge in [-0.1, -0.05) is 6.08 Å². The maximum atomic E-state index is 13.2. The van der Waals surface area contributed by atoms with E-state index in [1.54, 1.807) is 6.08 Å². The number of benzene rings is 1. The summed E-state index contributed by atoms with van der Waals surface area (Å²) in [6.45, 7) is 3.92. The summed E-state index contributed by atoms with van der Waals surface area (Å²) in [5.41, 5.74) is 4.74. The predicted molar refractivity (Wildman–Crippen MR) is 67.2 cm³/mol. The van der Waals surface area contributed by atoms with Crippen molar-refractivity contribution in [3.05, 3.63) is 48.6 Å². The van der Waals surface area contributed by atoms with Crippen LogP contribution in [0.3, 0.4) is 0 Å². The van der Waals surface area contributed by atoms with Crippen LogP contribution in [0, 0.1) is 5.82 Å². The van der Waals surface area contributed by atoms with E-state index >= 15 is 0 Å². The van der Waals surface area contributed by atoms with E-state index in [1.165, 1.54) is 17.0 Å². The van der Waals surface area contributed by atoms with Crippen LogP contribution in [0.1, 0.15) is 5.56 Å². The molecule has 20 heavy (non-hydrogen) atoms. The average Bonchev–Trinajstić information content (AvgIpc) is 2.71. The SMILES string of the molecule is C=CCn1cnc(-c2ccc(F)c(C(F)(F)F)c2)c1N. The molecular formula is C13H11F4N3. The van der Waals surface area contributed by atoms with Crippen molar-refractivity contribution in [2.75, 3.05) is 5.73 Å². The van der Waals surface area contributed by atoms with E-state index in [0.29, 0.717) is 12.6 Å². The van der Waals surface area contributed by atoms with Gasteiger partial charge in [-0.25, -0.2) is 9.37 Å². The zero-order valence-corrected chi connectivity index (χ0v) is 10.3. The summed E-state index contributed by atoms with van der Waals surface area (Å²) in [6, 6.07) is 2.66. The molecule has 1 aromatic carbocycles. The maximum absolute atomic E-state index is 13.2. The minimum absolute atomic E-state index is 0.110. The number of hydrogen-bond acceptors (Lipinski definition) is 2. The molecule has 7 heteroatoms. The molecule has 0 bridgehead atoms. The fourth-order valence-electron chi connectivity index (χ4n) is 1.79. The van der Waals surface area contributed by atoms with Crippen molar-refractivity contribution in [1.29, 1.82) is 0 Å². The third-order valence-corrected chi connectivity index (χ3v) is 2.75. The standard InChI is InChI=1S/C13H11F4N3/c1-2-5-20-7-19-11(12(20)18)8-3-4-10(14)9(6-8)13(15,16)17/h2-4,6-7H,1,5,18H2. The van der Waals surface area contributed by atoms with Crippen LogP contribution in [0.25, 0.3) is 11.3 Å². The van der Waals surface area contributed by atoms with Crippen molar-refractivity contribution in [1.82, 2.24) is 9.55 Å². The van der Waals surface area contributed by atoms with Gasteiger partial charge in [-0.05, 0) is 18.2 Å².